The molecule has 0 aromatic heterocycles. The fourth-order valence-corrected chi connectivity index (χ4v) is 2.35. The maximum Gasteiger partial charge on any atom is 0.288 e. The number of benzene rings is 1. The van der Waals surface area contributed by atoms with Gasteiger partial charge in [0.15, 0.2) is 4.90 Å². The number of nitro benzene ring substituents is 1. The van der Waals surface area contributed by atoms with Gasteiger partial charge >= 0.3 is 0 Å². The van der Waals surface area contributed by atoms with Gasteiger partial charge in [-0.15, -0.1) is 0 Å². The van der Waals surface area contributed by atoms with Gasteiger partial charge in [-0.1, -0.05) is 18.7 Å². The zero-order valence-corrected chi connectivity index (χ0v) is 8.82. The maximum atomic E-state index is 11.5. The smallest absolute Gasteiger partial charge is 0.258 e. The lowest BCUT2D eigenvalue weighted by Crippen LogP contribution is -2.03. The van der Waals surface area contributed by atoms with Crippen molar-refractivity contribution in [3.05, 3.63) is 45.9 Å². The lowest BCUT2D eigenvalue weighted by Gasteiger charge is -2.03. The Bertz CT molecular complexity index is 519. The lowest BCUT2D eigenvalue weighted by atomic mass is 10.2. The van der Waals surface area contributed by atoms with E-state index in [0.29, 0.717) is 11.0 Å². The fraction of sp³-hybridized carbons (Fsp3) is 0.111. The van der Waals surface area contributed by atoms with E-state index in [0.717, 1.165) is 6.07 Å². The molecule has 0 aliphatic carbocycles. The number of nitrogens with zero attached hydrogens (tertiary/aromatic N) is 1. The molecule has 0 bridgehead atoms. The van der Waals surface area contributed by atoms with Crippen LogP contribution in [0.1, 0.15) is 5.56 Å². The normalized spacial score (nSPS) is 11.0. The molecule has 6 heteroatoms. The Balaban J connectivity index is 3.66. The van der Waals surface area contributed by atoms with Crippen molar-refractivity contribution >= 4 is 15.5 Å². The summed E-state index contributed by atoms with van der Waals surface area (Å²) < 4.78 is 23.0. The molecule has 1 aromatic rings. The topological polar surface area (TPSA) is 77.3 Å². The van der Waals surface area contributed by atoms with Crippen LogP contribution in [-0.2, 0) is 9.84 Å². The van der Waals surface area contributed by atoms with Crippen LogP contribution in [0.4, 0.5) is 5.69 Å². The van der Waals surface area contributed by atoms with Gasteiger partial charge in [0.1, 0.15) is 0 Å². The molecule has 5 nitrogen and oxygen atoms in total. The summed E-state index contributed by atoms with van der Waals surface area (Å²) in [6, 6.07) is 4.10. The molecule has 1 rings (SSSR count). The Labute approximate surface area is 87.1 Å². The van der Waals surface area contributed by atoms with E-state index in [4.69, 9.17) is 0 Å². The molecule has 0 saturated carbocycles. The van der Waals surface area contributed by atoms with Gasteiger partial charge in [-0.25, -0.2) is 8.42 Å². The molecule has 0 atom stereocenters. The molecule has 0 N–H and O–H groups in total. The predicted octanol–water partition coefficient (Wildman–Crippen LogP) is 1.82. The zero-order valence-electron chi connectivity index (χ0n) is 8.00. The highest BCUT2D eigenvalue weighted by Gasteiger charge is 2.24. The Morgan fingerprint density at radius 1 is 1.47 bits per heavy atom. The first-order chi connectivity index (χ1) is 6.90. The van der Waals surface area contributed by atoms with Gasteiger partial charge in [-0.05, 0) is 12.5 Å². The molecule has 0 amide bonds. The first-order valence-electron chi connectivity index (χ1n) is 4.01. The molecule has 0 aliphatic rings. The van der Waals surface area contributed by atoms with Crippen LogP contribution in [0, 0.1) is 17.0 Å². The van der Waals surface area contributed by atoms with Crippen molar-refractivity contribution in [2.75, 3.05) is 0 Å². The summed E-state index contributed by atoms with van der Waals surface area (Å²) >= 11 is 0. The predicted molar refractivity (Wildman–Crippen MR) is 55.2 cm³/mol. The highest BCUT2D eigenvalue weighted by Crippen LogP contribution is 2.27. The van der Waals surface area contributed by atoms with Crippen LogP contribution >= 0.6 is 0 Å². The highest BCUT2D eigenvalue weighted by molar-refractivity contribution is 7.94. The van der Waals surface area contributed by atoms with Gasteiger partial charge < -0.3 is 0 Å². The minimum atomic E-state index is -3.78. The number of aryl methyl sites for hydroxylation is 1. The second-order valence-electron chi connectivity index (χ2n) is 2.89. The number of hydrogen-bond donors (Lipinski definition) is 0. The first-order valence-corrected chi connectivity index (χ1v) is 5.56. The summed E-state index contributed by atoms with van der Waals surface area (Å²) in [6.45, 7) is 4.64. The quantitative estimate of drug-likeness (QED) is 0.583. The molecule has 0 fully saturated rings. The van der Waals surface area contributed by atoms with Crippen LogP contribution in [0.5, 0.6) is 0 Å². The molecule has 0 spiro atoms. The molecular weight excluding hydrogens is 218 g/mol. The van der Waals surface area contributed by atoms with Crippen LogP contribution in [0.2, 0.25) is 0 Å². The van der Waals surface area contributed by atoms with Crippen LogP contribution in [0.25, 0.3) is 0 Å². The van der Waals surface area contributed by atoms with Crippen LogP contribution in [0.3, 0.4) is 0 Å². The van der Waals surface area contributed by atoms with Crippen LogP contribution < -0.4 is 0 Å². The van der Waals surface area contributed by atoms with E-state index < -0.39 is 20.4 Å². The van der Waals surface area contributed by atoms with Crippen LogP contribution in [-0.4, -0.2) is 13.3 Å². The number of sulfone groups is 1. The van der Waals surface area contributed by atoms with E-state index in [1.54, 1.807) is 0 Å². The minimum Gasteiger partial charge on any atom is -0.258 e. The Morgan fingerprint density at radius 2 is 2.07 bits per heavy atom. The van der Waals surface area contributed by atoms with Crippen molar-refractivity contribution in [2.24, 2.45) is 0 Å². The second kappa shape index (κ2) is 3.82. The maximum absolute atomic E-state index is 11.5. The fourth-order valence-electron chi connectivity index (χ4n) is 1.23. The van der Waals surface area contributed by atoms with Gasteiger partial charge in [-0.2, -0.15) is 0 Å². The number of nitro groups is 1. The number of hydrogen-bond acceptors (Lipinski definition) is 4. The third-order valence-electron chi connectivity index (χ3n) is 1.89. The van der Waals surface area contributed by atoms with E-state index >= 15 is 0 Å². The average Bonchev–Trinajstić information content (AvgIpc) is 2.17. The van der Waals surface area contributed by atoms with E-state index in [1.807, 2.05) is 0 Å². The molecule has 1 aromatic carbocycles. The SMILES string of the molecule is C=CS(=O)(=O)c1c(C)cccc1[N+](=O)[O-]. The molecule has 80 valence electrons. The van der Waals surface area contributed by atoms with E-state index in [2.05, 4.69) is 6.58 Å². The molecule has 0 unspecified atom stereocenters. The summed E-state index contributed by atoms with van der Waals surface area (Å²) in [4.78, 5) is 9.64. The summed E-state index contributed by atoms with van der Waals surface area (Å²) in [7, 11) is -3.78. The standard InChI is InChI=1S/C9H9NO4S/c1-3-15(13,14)9-7(2)5-4-6-8(9)10(11)12/h3-6H,1H2,2H3. The highest BCUT2D eigenvalue weighted by atomic mass is 32.2. The monoisotopic (exact) mass is 227 g/mol. The van der Waals surface area contributed by atoms with Gasteiger partial charge in [0.05, 0.1) is 4.92 Å². The van der Waals surface area contributed by atoms with Gasteiger partial charge in [0.25, 0.3) is 5.69 Å². The van der Waals surface area contributed by atoms with Crippen molar-refractivity contribution in [1.29, 1.82) is 0 Å². The van der Waals surface area contributed by atoms with E-state index in [9.17, 15) is 18.5 Å². The molecular formula is C9H9NO4S. The Morgan fingerprint density at radius 3 is 2.53 bits per heavy atom. The molecule has 15 heavy (non-hydrogen) atoms. The van der Waals surface area contributed by atoms with Gasteiger partial charge in [-0.3, -0.25) is 10.1 Å². The Hall–Kier alpha value is -1.69. The lowest BCUT2D eigenvalue weighted by molar-refractivity contribution is -0.387. The van der Waals surface area contributed by atoms with Crippen molar-refractivity contribution in [2.45, 2.75) is 11.8 Å². The van der Waals surface area contributed by atoms with E-state index in [1.165, 1.54) is 19.1 Å². The third kappa shape index (κ3) is 2.04. The largest absolute Gasteiger partial charge is 0.288 e. The summed E-state index contributed by atoms with van der Waals surface area (Å²) in [5.41, 5.74) is -0.0843. The molecule has 0 heterocycles. The molecule has 0 radical (unpaired) electrons. The van der Waals surface area contributed by atoms with Crippen molar-refractivity contribution in [1.82, 2.24) is 0 Å². The number of rotatable bonds is 3. The van der Waals surface area contributed by atoms with Crippen molar-refractivity contribution in [3.63, 3.8) is 0 Å². The van der Waals surface area contributed by atoms with Gasteiger partial charge in [0.2, 0.25) is 9.84 Å². The average molecular weight is 227 g/mol. The summed E-state index contributed by atoms with van der Waals surface area (Å²) in [5.74, 6) is 0. The van der Waals surface area contributed by atoms with Crippen LogP contribution in [0.15, 0.2) is 35.1 Å². The Kier molecular flexibility index (Phi) is 2.90. The van der Waals surface area contributed by atoms with Crippen molar-refractivity contribution < 1.29 is 13.3 Å². The van der Waals surface area contributed by atoms with E-state index in [-0.39, 0.29) is 4.90 Å². The third-order valence-corrected chi connectivity index (χ3v) is 3.43. The van der Waals surface area contributed by atoms with Crippen molar-refractivity contribution in [3.8, 4) is 0 Å². The summed E-state index contributed by atoms with van der Waals surface area (Å²) in [5, 5.41) is 11.4. The summed E-state index contributed by atoms with van der Waals surface area (Å²) in [6.07, 6.45) is 0. The zero-order chi connectivity index (χ0) is 11.6. The van der Waals surface area contributed by atoms with Gasteiger partial charge in [0, 0.05) is 11.5 Å². The molecule has 0 saturated heterocycles. The minimum absolute atomic E-state index is 0.287. The molecule has 0 aliphatic heterocycles. The second-order valence-corrected chi connectivity index (χ2v) is 4.72. The first kappa shape index (κ1) is 11.4.